The van der Waals surface area contributed by atoms with E-state index in [-0.39, 0.29) is 32.0 Å². The fourth-order valence-electron chi connectivity index (χ4n) is 0.407. The van der Waals surface area contributed by atoms with E-state index in [9.17, 15) is 29.4 Å². The van der Waals surface area contributed by atoms with Crippen molar-refractivity contribution in [3.63, 3.8) is 0 Å². The van der Waals surface area contributed by atoms with Gasteiger partial charge >= 0.3 is 20.4 Å². The van der Waals surface area contributed by atoms with Crippen LogP contribution in [0.15, 0.2) is 0 Å². The van der Waals surface area contributed by atoms with Crippen LogP contribution >= 0.6 is 0 Å². The van der Waals surface area contributed by atoms with Gasteiger partial charge in [-0.05, 0) is 13.8 Å². The number of Topliss-reactive ketones (excluding diaryl/α,β-unsaturated/α-hetero) is 2. The molecule has 0 aromatic carbocycles. The zero-order chi connectivity index (χ0) is 11.7. The van der Waals surface area contributed by atoms with Gasteiger partial charge in [-0.3, -0.25) is 9.59 Å². The summed E-state index contributed by atoms with van der Waals surface area (Å²) in [5, 5.41) is 19.0. The van der Waals surface area contributed by atoms with Gasteiger partial charge in [-0.2, -0.15) is 0 Å². The monoisotopic (exact) mass is 308 g/mol. The summed E-state index contributed by atoms with van der Waals surface area (Å²) in [6.45, 7) is 2.41. The molecule has 6 nitrogen and oxygen atoms in total. The summed E-state index contributed by atoms with van der Waals surface area (Å²) >= 11 is 0. The van der Waals surface area contributed by atoms with Crippen LogP contribution < -0.4 is 10.2 Å². The summed E-state index contributed by atoms with van der Waals surface area (Å²) in [5.41, 5.74) is 0. The number of ketones is 2. The Morgan fingerprint density at radius 2 is 1.00 bits per heavy atom. The van der Waals surface area contributed by atoms with Crippen LogP contribution in [-0.4, -0.2) is 23.5 Å². The number of carboxylic acids is 2. The molecule has 0 rings (SSSR count). The van der Waals surface area contributed by atoms with Crippen molar-refractivity contribution < 1.29 is 49.8 Å². The van der Waals surface area contributed by atoms with Crippen LogP contribution in [0.5, 0.6) is 0 Å². The summed E-state index contributed by atoms with van der Waals surface area (Å²) in [6, 6.07) is 0. The first-order chi connectivity index (χ1) is 6.25. The minimum absolute atomic E-state index is 0. The molecule has 0 heterocycles. The van der Waals surface area contributed by atoms with Crippen LogP contribution in [0.1, 0.15) is 26.7 Å². The van der Waals surface area contributed by atoms with Crippen molar-refractivity contribution in [1.82, 2.24) is 0 Å². The summed E-state index contributed by atoms with van der Waals surface area (Å²) < 4.78 is 0. The van der Waals surface area contributed by atoms with Crippen LogP contribution in [0.4, 0.5) is 0 Å². The van der Waals surface area contributed by atoms with Gasteiger partial charge in [0.05, 0.1) is 0 Å². The van der Waals surface area contributed by atoms with Crippen molar-refractivity contribution in [1.29, 1.82) is 0 Å². The predicted octanol–water partition coefficient (Wildman–Crippen LogP) is -2.57. The smallest absolute Gasteiger partial charge is 0.550 e. The van der Waals surface area contributed by atoms with E-state index < -0.39 is 24.8 Å². The first kappa shape index (κ1) is 19.5. The Morgan fingerprint density at radius 3 is 1.00 bits per heavy atom. The molecule has 0 aromatic rings. The average molecular weight is 309 g/mol. The molecule has 0 bridgehead atoms. The molecular formula is C8H10O6Pd. The molecule has 0 aromatic heterocycles. The molecule has 15 heavy (non-hydrogen) atoms. The molecular weight excluding hydrogens is 299 g/mol. The molecule has 0 aliphatic carbocycles. The fraction of sp³-hybridized carbons (Fsp3) is 0.500. The quantitative estimate of drug-likeness (QED) is 0.416. The number of rotatable bonds is 4. The predicted molar refractivity (Wildman–Crippen MR) is 40.6 cm³/mol. The van der Waals surface area contributed by atoms with E-state index in [1.165, 1.54) is 13.8 Å². The van der Waals surface area contributed by atoms with Crippen molar-refractivity contribution in [3.05, 3.63) is 0 Å². The summed E-state index contributed by atoms with van der Waals surface area (Å²) in [4.78, 5) is 38.6. The van der Waals surface area contributed by atoms with Gasteiger partial charge in [0.2, 0.25) is 0 Å². The number of carbonyl (C=O) groups is 4. The second-order valence-electron chi connectivity index (χ2n) is 2.50. The Labute approximate surface area is 100 Å². The van der Waals surface area contributed by atoms with E-state index in [1.54, 1.807) is 0 Å². The van der Waals surface area contributed by atoms with Gasteiger partial charge in [0.25, 0.3) is 0 Å². The Hall–Kier alpha value is -1.06. The minimum Gasteiger partial charge on any atom is -0.550 e. The molecule has 7 heteroatoms. The van der Waals surface area contributed by atoms with E-state index in [1.807, 2.05) is 0 Å². The first-order valence-corrected chi connectivity index (χ1v) is 3.64. The van der Waals surface area contributed by atoms with Gasteiger partial charge in [-0.15, -0.1) is 0 Å². The van der Waals surface area contributed by atoms with Gasteiger partial charge in [0.1, 0.15) is 11.6 Å². The average Bonchev–Trinajstić information content (AvgIpc) is 1.79. The van der Waals surface area contributed by atoms with E-state index in [4.69, 9.17) is 0 Å². The number of hydrogen-bond donors (Lipinski definition) is 0. The SMILES string of the molecule is CC(=O)CC(=O)[O-].CC(=O)CC(=O)[O-].[Pd+2]. The molecule has 0 N–H and O–H groups in total. The Morgan fingerprint density at radius 1 is 0.800 bits per heavy atom. The molecule has 0 fully saturated rings. The molecule has 0 atom stereocenters. The molecule has 0 aliphatic heterocycles. The zero-order valence-corrected chi connectivity index (χ0v) is 9.73. The van der Waals surface area contributed by atoms with Crippen molar-refractivity contribution in [2.75, 3.05) is 0 Å². The van der Waals surface area contributed by atoms with Crippen molar-refractivity contribution in [2.24, 2.45) is 0 Å². The molecule has 0 amide bonds. The maximum atomic E-state index is 9.83. The molecule has 0 unspecified atom stereocenters. The second kappa shape index (κ2) is 11.0. The van der Waals surface area contributed by atoms with Gasteiger partial charge < -0.3 is 19.8 Å². The van der Waals surface area contributed by atoms with Crippen molar-refractivity contribution >= 4 is 23.5 Å². The van der Waals surface area contributed by atoms with Crippen LogP contribution in [0.3, 0.4) is 0 Å². The molecule has 0 spiro atoms. The molecule has 0 saturated heterocycles. The van der Waals surface area contributed by atoms with E-state index in [0.717, 1.165) is 0 Å². The van der Waals surface area contributed by atoms with Crippen molar-refractivity contribution in [2.45, 2.75) is 26.7 Å². The minimum atomic E-state index is -1.31. The standard InChI is InChI=1S/2C4H6O3.Pd/c2*1-3(5)2-4(6)7;/h2*2H2,1H3,(H,6,7);/q;;+2/p-2. The third kappa shape index (κ3) is 32.2. The fourth-order valence-corrected chi connectivity index (χ4v) is 0.407. The van der Waals surface area contributed by atoms with Gasteiger partial charge in [0, 0.05) is 24.8 Å². The largest absolute Gasteiger partial charge is 2.00 e. The van der Waals surface area contributed by atoms with E-state index in [2.05, 4.69) is 0 Å². The van der Waals surface area contributed by atoms with Gasteiger partial charge in [-0.1, -0.05) is 0 Å². The Balaban J connectivity index is -0.000000180. The summed E-state index contributed by atoms with van der Waals surface area (Å²) in [7, 11) is 0. The normalized spacial score (nSPS) is 7.60. The first-order valence-electron chi connectivity index (χ1n) is 3.64. The topological polar surface area (TPSA) is 114 Å². The number of carboxylic acid groups (broad SMARTS) is 2. The summed E-state index contributed by atoms with van der Waals surface area (Å²) in [5.74, 6) is -3.37. The second-order valence-corrected chi connectivity index (χ2v) is 2.50. The van der Waals surface area contributed by atoms with Gasteiger partial charge in [-0.25, -0.2) is 0 Å². The third-order valence-corrected chi connectivity index (χ3v) is 0.787. The van der Waals surface area contributed by atoms with Crippen LogP contribution in [0, 0.1) is 0 Å². The zero-order valence-electron chi connectivity index (χ0n) is 8.18. The third-order valence-electron chi connectivity index (χ3n) is 0.787. The van der Waals surface area contributed by atoms with Crippen LogP contribution in [0.25, 0.3) is 0 Å². The summed E-state index contributed by atoms with van der Waals surface area (Å²) in [6.07, 6.45) is -0.944. The van der Waals surface area contributed by atoms with E-state index in [0.29, 0.717) is 0 Å². The maximum Gasteiger partial charge on any atom is 2.00 e. The molecule has 0 saturated carbocycles. The van der Waals surface area contributed by atoms with Crippen molar-refractivity contribution in [3.8, 4) is 0 Å². The maximum absolute atomic E-state index is 9.83. The van der Waals surface area contributed by atoms with Crippen LogP contribution in [0.2, 0.25) is 0 Å². The Bertz CT molecular complexity index is 198. The molecule has 88 valence electrons. The Kier molecular flexibility index (Phi) is 14.3. The van der Waals surface area contributed by atoms with E-state index >= 15 is 0 Å². The number of carbonyl (C=O) groups excluding carboxylic acids is 4. The molecule has 0 radical (unpaired) electrons. The molecule has 0 aliphatic rings. The van der Waals surface area contributed by atoms with Crippen LogP contribution in [-0.2, 0) is 39.6 Å². The number of hydrogen-bond acceptors (Lipinski definition) is 6. The van der Waals surface area contributed by atoms with Gasteiger partial charge in [0.15, 0.2) is 0 Å². The number of aliphatic carboxylic acids is 2.